The molecule has 7 nitrogen and oxygen atoms in total. The molecule has 37 heavy (non-hydrogen) atoms. The highest BCUT2D eigenvalue weighted by atomic mass is 16.4. The van der Waals surface area contributed by atoms with Crippen LogP contribution in [0.25, 0.3) is 22.6 Å². The van der Waals surface area contributed by atoms with Crippen LogP contribution in [0.5, 0.6) is 0 Å². The molecular weight excluding hydrogens is 466 g/mol. The van der Waals surface area contributed by atoms with Gasteiger partial charge in [0.25, 0.3) is 5.89 Å². The minimum absolute atomic E-state index is 0.101. The maximum Gasteiger partial charge on any atom is 0.373 e. The van der Waals surface area contributed by atoms with Crippen LogP contribution in [-0.4, -0.2) is 39.9 Å². The van der Waals surface area contributed by atoms with Crippen molar-refractivity contribution in [3.05, 3.63) is 96.1 Å². The number of nitrogens with zero attached hydrogens (tertiary/aromatic N) is 3. The Bertz CT molecular complexity index is 1300. The quantitative estimate of drug-likeness (QED) is 0.293. The highest BCUT2D eigenvalue weighted by Gasteiger charge is 2.15. The minimum Gasteiger partial charge on any atom is -0.432 e. The lowest BCUT2D eigenvalue weighted by atomic mass is 10.00. The number of piperidine rings is 1. The second-order valence-electron chi connectivity index (χ2n) is 8.98. The maximum atomic E-state index is 12.5. The Labute approximate surface area is 216 Å². The number of hydrogen-bond acceptors (Lipinski definition) is 7. The van der Waals surface area contributed by atoms with Crippen molar-refractivity contribution >= 4 is 11.9 Å². The monoisotopic (exact) mass is 495 g/mol. The summed E-state index contributed by atoms with van der Waals surface area (Å²) in [7, 11) is 0. The second kappa shape index (κ2) is 13.2. The fraction of sp³-hybridized carbons (Fsp3) is 0.267. The van der Waals surface area contributed by atoms with E-state index in [4.69, 9.17) is 14.0 Å². The number of carbonyl (C=O) groups is 1. The average Bonchev–Trinajstić information content (AvgIpc) is 3.45. The summed E-state index contributed by atoms with van der Waals surface area (Å²) in [6, 6.07) is 22.9. The molecule has 2 aromatic carbocycles. The predicted molar refractivity (Wildman–Crippen MR) is 138 cm³/mol. The molecule has 0 bridgehead atoms. The van der Waals surface area contributed by atoms with Gasteiger partial charge in [0, 0.05) is 19.2 Å². The third-order valence-electron chi connectivity index (χ3n) is 6.40. The van der Waals surface area contributed by atoms with Crippen LogP contribution in [0.3, 0.4) is 0 Å². The number of hydrogen-bond donors (Lipinski definition) is 0. The Kier molecular flexibility index (Phi) is 9.24. The molecule has 0 radical (unpaired) electrons. The van der Waals surface area contributed by atoms with Crippen molar-refractivity contribution in [1.29, 1.82) is 0 Å². The van der Waals surface area contributed by atoms with Crippen LogP contribution in [0.15, 0.2) is 83.5 Å². The topological polar surface area (TPSA) is 93.4 Å². The number of rotatable bonds is 8. The molecule has 0 amide bonds. The fourth-order valence-electron chi connectivity index (χ4n) is 4.44. The van der Waals surface area contributed by atoms with Gasteiger partial charge < -0.3 is 4.42 Å². The van der Waals surface area contributed by atoms with Gasteiger partial charge >= 0.3 is 6.15 Å². The molecule has 3 heterocycles. The molecular formula is C30H29N3O4. The second-order valence-corrected chi connectivity index (χ2v) is 8.98. The van der Waals surface area contributed by atoms with Crippen molar-refractivity contribution in [3.8, 4) is 22.6 Å². The number of aryl methyl sites for hydroxylation is 1. The van der Waals surface area contributed by atoms with Crippen molar-refractivity contribution in [3.63, 3.8) is 0 Å². The van der Waals surface area contributed by atoms with Crippen molar-refractivity contribution in [2.24, 2.45) is 0 Å². The Morgan fingerprint density at radius 2 is 1.49 bits per heavy atom. The summed E-state index contributed by atoms with van der Waals surface area (Å²) in [4.78, 5) is 39.7. The van der Waals surface area contributed by atoms with Gasteiger partial charge in [-0.25, -0.2) is 4.98 Å². The number of ketones is 1. The Morgan fingerprint density at radius 1 is 0.838 bits per heavy atom. The number of pyridine rings is 1. The van der Waals surface area contributed by atoms with E-state index in [1.807, 2.05) is 18.2 Å². The van der Waals surface area contributed by atoms with Gasteiger partial charge in [0.1, 0.15) is 5.69 Å². The highest BCUT2D eigenvalue weighted by Crippen LogP contribution is 2.23. The van der Waals surface area contributed by atoms with Gasteiger partial charge in [0.15, 0.2) is 5.76 Å². The maximum absolute atomic E-state index is 12.5. The third-order valence-corrected chi connectivity index (χ3v) is 6.40. The van der Waals surface area contributed by atoms with Crippen LogP contribution < -0.4 is 0 Å². The summed E-state index contributed by atoms with van der Waals surface area (Å²) in [6.45, 7) is 3.47. The Balaban J connectivity index is 0.00000102. The molecule has 7 heteroatoms. The molecule has 0 N–H and O–H groups in total. The van der Waals surface area contributed by atoms with Crippen LogP contribution >= 0.6 is 0 Å². The molecule has 4 aromatic rings. The van der Waals surface area contributed by atoms with Crippen LogP contribution in [-0.2, 0) is 22.6 Å². The van der Waals surface area contributed by atoms with Crippen molar-refractivity contribution < 1.29 is 18.8 Å². The van der Waals surface area contributed by atoms with E-state index in [-0.39, 0.29) is 17.8 Å². The van der Waals surface area contributed by atoms with E-state index in [0.717, 1.165) is 12.1 Å². The van der Waals surface area contributed by atoms with Gasteiger partial charge in [-0.3, -0.25) is 14.7 Å². The van der Waals surface area contributed by atoms with E-state index in [0.29, 0.717) is 24.3 Å². The summed E-state index contributed by atoms with van der Waals surface area (Å²) in [5, 5.41) is 0. The van der Waals surface area contributed by atoms with E-state index in [1.165, 1.54) is 49.0 Å². The van der Waals surface area contributed by atoms with Gasteiger partial charge in [-0.2, -0.15) is 9.59 Å². The third kappa shape index (κ3) is 7.40. The molecule has 5 rings (SSSR count). The Morgan fingerprint density at radius 3 is 2.11 bits per heavy atom. The summed E-state index contributed by atoms with van der Waals surface area (Å²) in [5.41, 5.74) is 5.57. The van der Waals surface area contributed by atoms with Gasteiger partial charge in [-0.1, -0.05) is 61.0 Å². The standard InChI is InChI=1S/C29H29N3O2.CO2/c33-27(29-31-20-28(34-29)26-6-2-3-17-30-26)16-11-22-7-12-24(13-8-22)25-14-9-23(10-15-25)21-32-18-4-1-5-19-32;2-1-3/h2-3,6-10,12-15,17,20H,1,4-5,11,16,18-19,21H2;. The molecule has 1 aliphatic heterocycles. The average molecular weight is 496 g/mol. The van der Waals surface area contributed by atoms with E-state index < -0.39 is 0 Å². The molecule has 0 aliphatic carbocycles. The van der Waals surface area contributed by atoms with Gasteiger partial charge in [-0.05, 0) is 66.7 Å². The van der Waals surface area contributed by atoms with Gasteiger partial charge in [0.2, 0.25) is 5.78 Å². The molecule has 1 saturated heterocycles. The first-order chi connectivity index (χ1) is 18.2. The number of oxazole rings is 1. The molecule has 0 unspecified atom stereocenters. The summed E-state index contributed by atoms with van der Waals surface area (Å²) < 4.78 is 5.63. The lowest BCUT2D eigenvalue weighted by molar-refractivity contribution is -0.191. The van der Waals surface area contributed by atoms with Crippen LogP contribution in [0.1, 0.15) is 47.5 Å². The Hall–Kier alpha value is -4.19. The van der Waals surface area contributed by atoms with Gasteiger partial charge in [0.05, 0.1) is 6.20 Å². The molecule has 0 atom stereocenters. The molecule has 0 saturated carbocycles. The van der Waals surface area contributed by atoms with E-state index in [9.17, 15) is 4.79 Å². The van der Waals surface area contributed by atoms with Crippen LogP contribution in [0, 0.1) is 0 Å². The summed E-state index contributed by atoms with van der Waals surface area (Å²) >= 11 is 0. The highest BCUT2D eigenvalue weighted by molar-refractivity contribution is 5.92. The zero-order valence-electron chi connectivity index (χ0n) is 20.6. The lowest BCUT2D eigenvalue weighted by Gasteiger charge is -2.26. The summed E-state index contributed by atoms with van der Waals surface area (Å²) in [6.07, 6.45) is 8.50. The lowest BCUT2D eigenvalue weighted by Crippen LogP contribution is -2.28. The molecule has 1 aliphatic rings. The molecule has 2 aromatic heterocycles. The summed E-state index contributed by atoms with van der Waals surface area (Å²) in [5.74, 6) is 0.549. The zero-order valence-corrected chi connectivity index (χ0v) is 20.6. The number of likely N-dealkylation sites (tertiary alicyclic amines) is 1. The van der Waals surface area contributed by atoms with Crippen LogP contribution in [0.2, 0.25) is 0 Å². The number of benzene rings is 2. The smallest absolute Gasteiger partial charge is 0.373 e. The molecule has 1 fully saturated rings. The van der Waals surface area contributed by atoms with Gasteiger partial charge in [-0.15, -0.1) is 0 Å². The number of carbonyl (C=O) groups excluding carboxylic acids is 3. The first kappa shape index (κ1) is 25.9. The first-order valence-electron chi connectivity index (χ1n) is 12.5. The predicted octanol–water partition coefficient (Wildman–Crippen LogP) is 5.62. The largest absolute Gasteiger partial charge is 0.432 e. The van der Waals surface area contributed by atoms with Crippen LogP contribution in [0.4, 0.5) is 0 Å². The normalized spacial score (nSPS) is 13.3. The SMILES string of the molecule is O=C(CCc1ccc(-c2ccc(CN3CCCCC3)cc2)cc1)c1ncc(-c2ccccn2)o1.O=C=O. The number of aromatic nitrogens is 2. The first-order valence-corrected chi connectivity index (χ1v) is 12.5. The number of Topliss-reactive ketones (excluding diaryl/α,β-unsaturated/α-hetero) is 1. The van der Waals surface area contributed by atoms with Crippen molar-refractivity contribution in [2.45, 2.75) is 38.6 Å². The molecule has 0 spiro atoms. The van der Waals surface area contributed by atoms with E-state index >= 15 is 0 Å². The van der Waals surface area contributed by atoms with Crippen molar-refractivity contribution in [2.75, 3.05) is 13.1 Å². The minimum atomic E-state index is -0.101. The van der Waals surface area contributed by atoms with E-state index in [1.54, 1.807) is 12.4 Å². The van der Waals surface area contributed by atoms with E-state index in [2.05, 4.69) is 63.4 Å². The zero-order chi connectivity index (χ0) is 25.9. The molecule has 188 valence electrons. The fourth-order valence-corrected chi connectivity index (χ4v) is 4.44. The van der Waals surface area contributed by atoms with Crippen molar-refractivity contribution in [1.82, 2.24) is 14.9 Å².